The molecule has 2 amide bonds. The number of rotatable bonds is 2. The lowest BCUT2D eigenvalue weighted by Crippen LogP contribution is -2.28. The van der Waals surface area contributed by atoms with E-state index in [1.54, 1.807) is 24.5 Å². The molecule has 2 N–H and O–H groups in total. The fourth-order valence-corrected chi connectivity index (χ4v) is 0.773. The molecule has 1 aromatic rings. The van der Waals surface area contributed by atoms with Crippen LogP contribution in [0.1, 0.15) is 6.92 Å². The number of carbonyl (C=O) groups excluding carboxylic acids is 1. The van der Waals surface area contributed by atoms with Crippen LogP contribution in [-0.2, 0) is 0 Å². The Morgan fingerprint density at radius 3 is 3.08 bits per heavy atom. The zero-order valence-electron chi connectivity index (χ0n) is 6.87. The highest BCUT2D eigenvalue weighted by Gasteiger charge is 1.97. The quantitative estimate of drug-likeness (QED) is 0.692. The Balaban J connectivity index is 2.47. The normalized spacial score (nSPS) is 9.08. The summed E-state index contributed by atoms with van der Waals surface area (Å²) in [5.74, 6) is 0. The molecule has 0 atom stereocenters. The summed E-state index contributed by atoms with van der Waals surface area (Å²) in [5.41, 5.74) is 0.698. The van der Waals surface area contributed by atoms with Gasteiger partial charge in [-0.25, -0.2) is 4.79 Å². The average Bonchev–Trinajstić information content (AvgIpc) is 2.06. The number of carbonyl (C=O) groups is 1. The maximum Gasteiger partial charge on any atom is 0.319 e. The predicted molar refractivity (Wildman–Crippen MR) is 46.9 cm³/mol. The van der Waals surface area contributed by atoms with Gasteiger partial charge in [0.2, 0.25) is 0 Å². The lowest BCUT2D eigenvalue weighted by atomic mass is 10.4. The molecule has 1 heterocycles. The van der Waals surface area contributed by atoms with Gasteiger partial charge in [0.25, 0.3) is 0 Å². The third-order valence-corrected chi connectivity index (χ3v) is 1.26. The van der Waals surface area contributed by atoms with E-state index in [4.69, 9.17) is 0 Å². The number of aromatic nitrogens is 1. The van der Waals surface area contributed by atoms with Crippen LogP contribution < -0.4 is 10.6 Å². The highest BCUT2D eigenvalue weighted by molar-refractivity contribution is 5.88. The van der Waals surface area contributed by atoms with Crippen LogP contribution in [0.3, 0.4) is 0 Å². The molecular weight excluding hydrogens is 154 g/mol. The maximum absolute atomic E-state index is 11.0. The van der Waals surface area contributed by atoms with Gasteiger partial charge in [-0.05, 0) is 19.1 Å². The van der Waals surface area contributed by atoms with Crippen molar-refractivity contribution in [2.45, 2.75) is 6.92 Å². The van der Waals surface area contributed by atoms with Crippen LogP contribution in [0.25, 0.3) is 0 Å². The number of hydrogen-bond acceptors (Lipinski definition) is 2. The third-order valence-electron chi connectivity index (χ3n) is 1.26. The van der Waals surface area contributed by atoms with Crippen LogP contribution in [-0.4, -0.2) is 17.6 Å². The third kappa shape index (κ3) is 2.57. The first-order valence-corrected chi connectivity index (χ1v) is 3.78. The zero-order chi connectivity index (χ0) is 8.81. The van der Waals surface area contributed by atoms with Crippen LogP contribution >= 0.6 is 0 Å². The molecule has 0 aliphatic heterocycles. The first-order chi connectivity index (χ1) is 5.83. The topological polar surface area (TPSA) is 54.0 Å². The molecule has 64 valence electrons. The highest BCUT2D eigenvalue weighted by atomic mass is 16.2. The molecule has 0 aliphatic rings. The minimum Gasteiger partial charge on any atom is -0.338 e. The zero-order valence-corrected chi connectivity index (χ0v) is 6.87. The molecule has 0 saturated heterocycles. The van der Waals surface area contributed by atoms with Crippen LogP contribution in [0.15, 0.2) is 24.5 Å². The molecular formula is C8H11N3O. The van der Waals surface area contributed by atoms with Gasteiger partial charge in [0.15, 0.2) is 0 Å². The smallest absolute Gasteiger partial charge is 0.319 e. The van der Waals surface area contributed by atoms with E-state index in [2.05, 4.69) is 15.6 Å². The Bertz CT molecular complexity index is 248. The standard InChI is InChI=1S/C8H11N3O/c1-2-10-8(12)11-7-4-3-5-9-6-7/h3-6H,2H2,1H3,(H2,10,11,12). The van der Waals surface area contributed by atoms with E-state index in [1.807, 2.05) is 6.92 Å². The molecule has 4 heteroatoms. The molecule has 0 fully saturated rings. The van der Waals surface area contributed by atoms with Gasteiger partial charge in [0.05, 0.1) is 11.9 Å². The molecule has 0 spiro atoms. The Morgan fingerprint density at radius 1 is 1.67 bits per heavy atom. The summed E-state index contributed by atoms with van der Waals surface area (Å²) in [5, 5.41) is 5.25. The number of pyridine rings is 1. The van der Waals surface area contributed by atoms with Crippen molar-refractivity contribution in [2.24, 2.45) is 0 Å². The van der Waals surface area contributed by atoms with Crippen molar-refractivity contribution in [1.29, 1.82) is 0 Å². The van der Waals surface area contributed by atoms with E-state index < -0.39 is 0 Å². The van der Waals surface area contributed by atoms with Gasteiger partial charge in [-0.2, -0.15) is 0 Å². The SMILES string of the molecule is CCNC(=O)Nc1cccnc1. The Labute approximate surface area is 71.0 Å². The van der Waals surface area contributed by atoms with Gasteiger partial charge in [-0.3, -0.25) is 4.98 Å². The first-order valence-electron chi connectivity index (χ1n) is 3.78. The summed E-state index contributed by atoms with van der Waals surface area (Å²) in [4.78, 5) is 14.8. The van der Waals surface area contributed by atoms with Gasteiger partial charge in [-0.15, -0.1) is 0 Å². The second kappa shape index (κ2) is 4.33. The summed E-state index contributed by atoms with van der Waals surface area (Å²) in [6.07, 6.45) is 3.25. The summed E-state index contributed by atoms with van der Waals surface area (Å²) in [6, 6.07) is 3.34. The molecule has 0 bridgehead atoms. The van der Waals surface area contributed by atoms with Crippen molar-refractivity contribution in [3.05, 3.63) is 24.5 Å². The minimum absolute atomic E-state index is 0.203. The molecule has 1 aromatic heterocycles. The van der Waals surface area contributed by atoms with Gasteiger partial charge in [-0.1, -0.05) is 0 Å². The van der Waals surface area contributed by atoms with E-state index in [0.717, 1.165) is 0 Å². The van der Waals surface area contributed by atoms with Crippen LogP contribution in [0.2, 0.25) is 0 Å². The number of nitrogens with zero attached hydrogens (tertiary/aromatic N) is 1. The molecule has 12 heavy (non-hydrogen) atoms. The van der Waals surface area contributed by atoms with Crippen LogP contribution in [0.4, 0.5) is 10.5 Å². The second-order valence-corrected chi connectivity index (χ2v) is 2.23. The average molecular weight is 165 g/mol. The van der Waals surface area contributed by atoms with E-state index in [1.165, 1.54) is 0 Å². The molecule has 4 nitrogen and oxygen atoms in total. The van der Waals surface area contributed by atoms with Crippen LogP contribution in [0, 0.1) is 0 Å². The summed E-state index contributed by atoms with van der Waals surface area (Å²) >= 11 is 0. The fraction of sp³-hybridized carbons (Fsp3) is 0.250. The van der Waals surface area contributed by atoms with E-state index in [-0.39, 0.29) is 6.03 Å². The van der Waals surface area contributed by atoms with E-state index in [0.29, 0.717) is 12.2 Å². The number of amides is 2. The summed E-state index contributed by atoms with van der Waals surface area (Å²) < 4.78 is 0. The Morgan fingerprint density at radius 2 is 2.50 bits per heavy atom. The minimum atomic E-state index is -0.203. The van der Waals surface area contributed by atoms with Gasteiger partial charge < -0.3 is 10.6 Å². The van der Waals surface area contributed by atoms with Gasteiger partial charge in [0.1, 0.15) is 0 Å². The lowest BCUT2D eigenvalue weighted by molar-refractivity contribution is 0.252. The monoisotopic (exact) mass is 165 g/mol. The largest absolute Gasteiger partial charge is 0.338 e. The van der Waals surface area contributed by atoms with Crippen molar-refractivity contribution >= 4 is 11.7 Å². The Hall–Kier alpha value is -1.58. The molecule has 0 aromatic carbocycles. The summed E-state index contributed by atoms with van der Waals surface area (Å²) in [7, 11) is 0. The molecule has 0 radical (unpaired) electrons. The molecule has 0 saturated carbocycles. The van der Waals surface area contributed by atoms with Crippen molar-refractivity contribution in [3.8, 4) is 0 Å². The highest BCUT2D eigenvalue weighted by Crippen LogP contribution is 2.01. The predicted octanol–water partition coefficient (Wildman–Crippen LogP) is 1.22. The molecule has 1 rings (SSSR count). The number of anilines is 1. The van der Waals surface area contributed by atoms with Crippen molar-refractivity contribution in [3.63, 3.8) is 0 Å². The van der Waals surface area contributed by atoms with Crippen molar-refractivity contribution < 1.29 is 4.79 Å². The summed E-state index contributed by atoms with van der Waals surface area (Å²) in [6.45, 7) is 2.48. The lowest BCUT2D eigenvalue weighted by Gasteiger charge is -2.03. The second-order valence-electron chi connectivity index (χ2n) is 2.23. The van der Waals surface area contributed by atoms with Crippen molar-refractivity contribution in [1.82, 2.24) is 10.3 Å². The molecule has 0 aliphatic carbocycles. The van der Waals surface area contributed by atoms with E-state index in [9.17, 15) is 4.79 Å². The Kier molecular flexibility index (Phi) is 3.07. The molecule has 0 unspecified atom stereocenters. The van der Waals surface area contributed by atoms with E-state index >= 15 is 0 Å². The van der Waals surface area contributed by atoms with Crippen LogP contribution in [0.5, 0.6) is 0 Å². The number of hydrogen-bond donors (Lipinski definition) is 2. The number of nitrogens with one attached hydrogen (secondary N) is 2. The van der Waals surface area contributed by atoms with Gasteiger partial charge >= 0.3 is 6.03 Å². The number of urea groups is 1. The van der Waals surface area contributed by atoms with Crippen molar-refractivity contribution in [2.75, 3.05) is 11.9 Å². The fourth-order valence-electron chi connectivity index (χ4n) is 0.773. The first kappa shape index (κ1) is 8.52. The van der Waals surface area contributed by atoms with Gasteiger partial charge in [0, 0.05) is 12.7 Å². The maximum atomic E-state index is 11.0.